The number of ether oxygens (including phenoxy) is 1. The summed E-state index contributed by atoms with van der Waals surface area (Å²) in [6.45, 7) is 10.4. The van der Waals surface area contributed by atoms with Gasteiger partial charge in [-0.05, 0) is 27.2 Å². The number of thioether (sulfide) groups is 1. The van der Waals surface area contributed by atoms with Gasteiger partial charge in [-0.2, -0.15) is 0 Å². The lowest BCUT2D eigenvalue weighted by Gasteiger charge is -2.24. The Kier molecular flexibility index (Phi) is 5.45. The summed E-state index contributed by atoms with van der Waals surface area (Å²) in [5.41, 5.74) is 0. The van der Waals surface area contributed by atoms with Gasteiger partial charge >= 0.3 is 5.97 Å². The summed E-state index contributed by atoms with van der Waals surface area (Å²) in [5.74, 6) is -0.111. The predicted octanol–water partition coefficient (Wildman–Crippen LogP) is 2.86. The quantitative estimate of drug-likeness (QED) is 0.644. The van der Waals surface area contributed by atoms with E-state index in [-0.39, 0.29) is 5.97 Å². The first-order chi connectivity index (χ1) is 5.94. The minimum Gasteiger partial charge on any atom is -0.465 e. The van der Waals surface area contributed by atoms with Crippen LogP contribution in [0.3, 0.4) is 0 Å². The Morgan fingerprint density at radius 1 is 1.46 bits per heavy atom. The van der Waals surface area contributed by atoms with E-state index in [1.54, 1.807) is 11.8 Å². The van der Waals surface area contributed by atoms with Crippen LogP contribution in [0, 0.1) is 0 Å². The van der Waals surface area contributed by atoms with Gasteiger partial charge in [0, 0.05) is 5.25 Å². The Hall–Kier alpha value is -0.180. The van der Waals surface area contributed by atoms with Crippen molar-refractivity contribution in [3.63, 3.8) is 0 Å². The lowest BCUT2D eigenvalue weighted by molar-refractivity contribution is -0.145. The average Bonchev–Trinajstić information content (AvgIpc) is 2.04. The van der Waals surface area contributed by atoms with E-state index in [9.17, 15) is 4.79 Å². The van der Waals surface area contributed by atoms with Crippen LogP contribution in [0.4, 0.5) is 0 Å². The van der Waals surface area contributed by atoms with Crippen molar-refractivity contribution < 1.29 is 9.53 Å². The Labute approximate surface area is 85.4 Å². The molecule has 2 nitrogen and oxygen atoms in total. The first-order valence-electron chi connectivity index (χ1n) is 4.79. The highest BCUT2D eigenvalue weighted by Crippen LogP contribution is 2.31. The largest absolute Gasteiger partial charge is 0.465 e. The van der Waals surface area contributed by atoms with Gasteiger partial charge in [0.2, 0.25) is 0 Å². The summed E-state index contributed by atoms with van der Waals surface area (Å²) in [4.78, 5) is 11.5. The molecule has 0 spiro atoms. The van der Waals surface area contributed by atoms with Gasteiger partial charge in [-0.25, -0.2) is 0 Å². The van der Waals surface area contributed by atoms with E-state index in [4.69, 9.17) is 4.74 Å². The Morgan fingerprint density at radius 3 is 2.38 bits per heavy atom. The molecular formula is C10H20O2S. The fourth-order valence-corrected chi connectivity index (χ4v) is 2.27. The molecule has 0 aromatic heterocycles. The second-order valence-corrected chi connectivity index (χ2v) is 5.63. The lowest BCUT2D eigenvalue weighted by Crippen LogP contribution is -2.31. The van der Waals surface area contributed by atoms with E-state index in [0.29, 0.717) is 11.9 Å². The number of hydrogen-bond acceptors (Lipinski definition) is 3. The molecule has 13 heavy (non-hydrogen) atoms. The third kappa shape index (κ3) is 4.55. The highest BCUT2D eigenvalue weighted by atomic mass is 32.2. The zero-order chi connectivity index (χ0) is 10.5. The van der Waals surface area contributed by atoms with Gasteiger partial charge in [-0.15, -0.1) is 11.8 Å². The van der Waals surface area contributed by atoms with Crippen LogP contribution in [-0.4, -0.2) is 22.6 Å². The molecule has 1 unspecified atom stereocenters. The highest BCUT2D eigenvalue weighted by molar-refractivity contribution is 8.01. The van der Waals surface area contributed by atoms with Crippen LogP contribution in [0.1, 0.15) is 41.0 Å². The SMILES string of the molecule is CCOC(=O)C(C)(C)SC(C)CC. The molecule has 78 valence electrons. The standard InChI is InChI=1S/C10H20O2S/c1-6-8(3)13-10(4,5)9(11)12-7-2/h8H,6-7H2,1-5H3. The van der Waals surface area contributed by atoms with Crippen LogP contribution >= 0.6 is 11.8 Å². The molecule has 0 aromatic rings. The van der Waals surface area contributed by atoms with Gasteiger partial charge < -0.3 is 4.74 Å². The van der Waals surface area contributed by atoms with E-state index in [1.807, 2.05) is 20.8 Å². The first-order valence-corrected chi connectivity index (χ1v) is 5.67. The number of carbonyl (C=O) groups is 1. The third-order valence-corrected chi connectivity index (χ3v) is 3.33. The summed E-state index contributed by atoms with van der Waals surface area (Å²) >= 11 is 1.68. The summed E-state index contributed by atoms with van der Waals surface area (Å²) in [7, 11) is 0. The Morgan fingerprint density at radius 2 is 2.00 bits per heavy atom. The molecule has 0 rings (SSSR count). The van der Waals surface area contributed by atoms with Crippen LogP contribution in [0.15, 0.2) is 0 Å². The smallest absolute Gasteiger partial charge is 0.321 e. The number of carbonyl (C=O) groups excluding carboxylic acids is 1. The Bertz CT molecular complexity index is 166. The van der Waals surface area contributed by atoms with Crippen molar-refractivity contribution in [3.05, 3.63) is 0 Å². The molecule has 0 aromatic carbocycles. The average molecular weight is 204 g/mol. The fourth-order valence-electron chi connectivity index (χ4n) is 0.939. The second kappa shape index (κ2) is 5.53. The second-order valence-electron chi connectivity index (χ2n) is 3.57. The van der Waals surface area contributed by atoms with Crippen molar-refractivity contribution in [2.24, 2.45) is 0 Å². The number of esters is 1. The van der Waals surface area contributed by atoms with Gasteiger partial charge in [-0.1, -0.05) is 13.8 Å². The van der Waals surface area contributed by atoms with Crippen molar-refractivity contribution in [2.45, 2.75) is 51.0 Å². The lowest BCUT2D eigenvalue weighted by atomic mass is 10.2. The van der Waals surface area contributed by atoms with Crippen LogP contribution in [0.5, 0.6) is 0 Å². The van der Waals surface area contributed by atoms with Gasteiger partial charge in [0.25, 0.3) is 0 Å². The topological polar surface area (TPSA) is 26.3 Å². The molecule has 0 heterocycles. The molecule has 0 saturated carbocycles. The maximum Gasteiger partial charge on any atom is 0.321 e. The zero-order valence-electron chi connectivity index (χ0n) is 9.22. The number of hydrogen-bond donors (Lipinski definition) is 0. The predicted molar refractivity (Wildman–Crippen MR) is 58.1 cm³/mol. The van der Waals surface area contributed by atoms with Crippen molar-refractivity contribution in [1.82, 2.24) is 0 Å². The number of rotatable bonds is 5. The van der Waals surface area contributed by atoms with Crippen LogP contribution in [-0.2, 0) is 9.53 Å². The van der Waals surface area contributed by atoms with E-state index < -0.39 is 4.75 Å². The van der Waals surface area contributed by atoms with Crippen LogP contribution in [0.25, 0.3) is 0 Å². The molecule has 0 N–H and O–H groups in total. The van der Waals surface area contributed by atoms with Gasteiger partial charge in [0.05, 0.1) is 6.61 Å². The first kappa shape index (κ1) is 12.8. The van der Waals surface area contributed by atoms with E-state index in [0.717, 1.165) is 6.42 Å². The zero-order valence-corrected chi connectivity index (χ0v) is 10.0. The maximum absolute atomic E-state index is 11.5. The van der Waals surface area contributed by atoms with Crippen molar-refractivity contribution in [3.8, 4) is 0 Å². The molecule has 0 fully saturated rings. The molecule has 0 amide bonds. The summed E-state index contributed by atoms with van der Waals surface area (Å²) in [6.07, 6.45) is 1.08. The maximum atomic E-state index is 11.5. The molecule has 0 aliphatic rings. The Balaban J connectivity index is 4.13. The van der Waals surface area contributed by atoms with E-state index in [2.05, 4.69) is 13.8 Å². The van der Waals surface area contributed by atoms with Crippen LogP contribution < -0.4 is 0 Å². The molecule has 0 radical (unpaired) electrons. The fraction of sp³-hybridized carbons (Fsp3) is 0.900. The summed E-state index contributed by atoms with van der Waals surface area (Å²) < 4.78 is 4.58. The molecule has 1 atom stereocenters. The molecule has 3 heteroatoms. The molecule has 0 aliphatic heterocycles. The summed E-state index contributed by atoms with van der Waals surface area (Å²) in [5, 5.41) is 0.499. The van der Waals surface area contributed by atoms with E-state index in [1.165, 1.54) is 0 Å². The van der Waals surface area contributed by atoms with Crippen molar-refractivity contribution >= 4 is 17.7 Å². The molecule has 0 bridgehead atoms. The molecule has 0 aliphatic carbocycles. The van der Waals surface area contributed by atoms with Crippen molar-refractivity contribution in [2.75, 3.05) is 6.61 Å². The van der Waals surface area contributed by atoms with Gasteiger partial charge in [0.15, 0.2) is 0 Å². The van der Waals surface area contributed by atoms with Crippen molar-refractivity contribution in [1.29, 1.82) is 0 Å². The monoisotopic (exact) mass is 204 g/mol. The molecular weight excluding hydrogens is 184 g/mol. The highest BCUT2D eigenvalue weighted by Gasteiger charge is 2.31. The minimum atomic E-state index is -0.411. The third-order valence-electron chi connectivity index (χ3n) is 1.84. The van der Waals surface area contributed by atoms with E-state index >= 15 is 0 Å². The minimum absolute atomic E-state index is 0.111. The summed E-state index contributed by atoms with van der Waals surface area (Å²) in [6, 6.07) is 0. The normalized spacial score (nSPS) is 13.9. The van der Waals surface area contributed by atoms with Gasteiger partial charge in [-0.3, -0.25) is 4.79 Å². The molecule has 0 saturated heterocycles. The van der Waals surface area contributed by atoms with Crippen LogP contribution in [0.2, 0.25) is 0 Å². The van der Waals surface area contributed by atoms with Gasteiger partial charge in [0.1, 0.15) is 4.75 Å².